The van der Waals surface area contributed by atoms with Gasteiger partial charge < -0.3 is 10.4 Å². The summed E-state index contributed by atoms with van der Waals surface area (Å²) in [6.45, 7) is 10.0. The number of aliphatic hydroxyl groups excluding tert-OH is 1. The molecule has 0 aliphatic carbocycles. The summed E-state index contributed by atoms with van der Waals surface area (Å²) in [4.78, 5) is 0. The maximum Gasteiger partial charge on any atom is 0.0448 e. The molecule has 1 atom stereocenters. The highest BCUT2D eigenvalue weighted by atomic mass is 16.3. The van der Waals surface area contributed by atoms with E-state index in [0.29, 0.717) is 5.92 Å². The first kappa shape index (κ1) is 11.9. The van der Waals surface area contributed by atoms with Crippen molar-refractivity contribution < 1.29 is 5.11 Å². The molecule has 0 saturated carbocycles. The monoisotopic (exact) mass is 173 g/mol. The highest BCUT2D eigenvalue weighted by molar-refractivity contribution is 4.85. The third kappa shape index (κ3) is 3.55. The molecule has 2 N–H and O–H groups in total. The molecular formula is C10H23NO. The fourth-order valence-electron chi connectivity index (χ4n) is 1.22. The van der Waals surface area contributed by atoms with Crippen molar-refractivity contribution in [3.05, 3.63) is 0 Å². The van der Waals surface area contributed by atoms with Crippen molar-refractivity contribution in [1.82, 2.24) is 5.32 Å². The third-order valence-corrected chi connectivity index (χ3v) is 2.68. The van der Waals surface area contributed by atoms with Gasteiger partial charge >= 0.3 is 0 Å². The molecule has 0 heterocycles. The second-order valence-electron chi connectivity index (χ2n) is 3.97. The minimum Gasteiger partial charge on any atom is -0.396 e. The lowest BCUT2D eigenvalue weighted by atomic mass is 9.85. The lowest BCUT2D eigenvalue weighted by Gasteiger charge is -2.34. The number of hydrogen-bond donors (Lipinski definition) is 2. The molecule has 0 saturated heterocycles. The number of rotatable bonds is 6. The average Bonchev–Trinajstić information content (AvgIpc) is 2.01. The summed E-state index contributed by atoms with van der Waals surface area (Å²) in [7, 11) is 0. The van der Waals surface area contributed by atoms with Crippen LogP contribution >= 0.6 is 0 Å². The van der Waals surface area contributed by atoms with Gasteiger partial charge in [-0.15, -0.1) is 0 Å². The lowest BCUT2D eigenvalue weighted by Crippen LogP contribution is -2.47. The number of nitrogens with one attached hydrogen (secondary N) is 1. The normalized spacial score (nSPS) is 16.5. The molecule has 12 heavy (non-hydrogen) atoms. The van der Waals surface area contributed by atoms with Crippen LogP contribution in [0.1, 0.15) is 40.5 Å². The zero-order valence-corrected chi connectivity index (χ0v) is 8.85. The van der Waals surface area contributed by atoms with E-state index in [4.69, 9.17) is 5.11 Å². The predicted octanol–water partition coefficient (Wildman–Crippen LogP) is 1.78. The first-order chi connectivity index (χ1) is 5.56. The molecule has 0 aromatic carbocycles. The molecule has 0 aliphatic rings. The van der Waals surface area contributed by atoms with Crippen molar-refractivity contribution in [2.45, 2.75) is 46.1 Å². The Morgan fingerprint density at radius 1 is 1.42 bits per heavy atom. The van der Waals surface area contributed by atoms with Gasteiger partial charge in [0.05, 0.1) is 0 Å². The van der Waals surface area contributed by atoms with E-state index in [1.165, 1.54) is 0 Å². The predicted molar refractivity (Wildman–Crippen MR) is 53.2 cm³/mol. The van der Waals surface area contributed by atoms with E-state index < -0.39 is 0 Å². The molecule has 0 aliphatic heterocycles. The van der Waals surface area contributed by atoms with Gasteiger partial charge in [-0.05, 0) is 32.2 Å². The van der Waals surface area contributed by atoms with E-state index in [1.54, 1.807) is 0 Å². The minimum absolute atomic E-state index is 0.102. The third-order valence-electron chi connectivity index (χ3n) is 2.68. The van der Waals surface area contributed by atoms with Crippen LogP contribution in [0.4, 0.5) is 0 Å². The summed E-state index contributed by atoms with van der Waals surface area (Å²) < 4.78 is 0. The zero-order valence-electron chi connectivity index (χ0n) is 8.85. The van der Waals surface area contributed by atoms with E-state index in [2.05, 4.69) is 33.0 Å². The highest BCUT2D eigenvalue weighted by Crippen LogP contribution is 2.19. The van der Waals surface area contributed by atoms with Crippen LogP contribution in [-0.4, -0.2) is 23.8 Å². The van der Waals surface area contributed by atoms with Crippen LogP contribution in [0.2, 0.25) is 0 Å². The van der Waals surface area contributed by atoms with Crippen molar-refractivity contribution in [2.24, 2.45) is 5.92 Å². The molecule has 0 spiro atoms. The minimum atomic E-state index is 0.102. The van der Waals surface area contributed by atoms with Gasteiger partial charge in [-0.3, -0.25) is 0 Å². The van der Waals surface area contributed by atoms with Crippen LogP contribution in [0.5, 0.6) is 0 Å². The Hall–Kier alpha value is -0.0800. The molecule has 0 aromatic rings. The van der Waals surface area contributed by atoms with Gasteiger partial charge in [-0.25, -0.2) is 0 Å². The van der Waals surface area contributed by atoms with Gasteiger partial charge in [0.15, 0.2) is 0 Å². The highest BCUT2D eigenvalue weighted by Gasteiger charge is 2.26. The topological polar surface area (TPSA) is 32.3 Å². The lowest BCUT2D eigenvalue weighted by molar-refractivity contribution is 0.180. The van der Waals surface area contributed by atoms with Crippen molar-refractivity contribution in [3.8, 4) is 0 Å². The van der Waals surface area contributed by atoms with Crippen LogP contribution in [0.15, 0.2) is 0 Å². The van der Waals surface area contributed by atoms with Crippen LogP contribution in [0.25, 0.3) is 0 Å². The average molecular weight is 173 g/mol. The van der Waals surface area contributed by atoms with Gasteiger partial charge in [0.2, 0.25) is 0 Å². The quantitative estimate of drug-likeness (QED) is 0.642. The van der Waals surface area contributed by atoms with Crippen LogP contribution in [-0.2, 0) is 0 Å². The van der Waals surface area contributed by atoms with Gasteiger partial charge in [0.1, 0.15) is 0 Å². The molecule has 2 heteroatoms. The maximum atomic E-state index is 8.91. The van der Waals surface area contributed by atoms with Crippen molar-refractivity contribution in [2.75, 3.05) is 13.2 Å². The van der Waals surface area contributed by atoms with E-state index in [9.17, 15) is 0 Å². The van der Waals surface area contributed by atoms with E-state index >= 15 is 0 Å². The van der Waals surface area contributed by atoms with Gasteiger partial charge in [0.25, 0.3) is 0 Å². The maximum absolute atomic E-state index is 8.91. The first-order valence-electron chi connectivity index (χ1n) is 4.92. The molecule has 0 fully saturated rings. The van der Waals surface area contributed by atoms with Crippen molar-refractivity contribution >= 4 is 0 Å². The molecule has 0 aromatic heterocycles. The molecule has 0 amide bonds. The smallest absolute Gasteiger partial charge is 0.0448 e. The zero-order chi connectivity index (χ0) is 9.61. The second-order valence-corrected chi connectivity index (χ2v) is 3.97. The molecule has 0 radical (unpaired) electrons. The summed E-state index contributed by atoms with van der Waals surface area (Å²) >= 11 is 0. The Morgan fingerprint density at radius 3 is 2.33 bits per heavy atom. The Morgan fingerprint density at radius 2 is 2.00 bits per heavy atom. The Labute approximate surface area is 76.4 Å². The Kier molecular flexibility index (Phi) is 5.51. The van der Waals surface area contributed by atoms with Crippen LogP contribution in [0, 0.1) is 5.92 Å². The molecule has 2 nitrogen and oxygen atoms in total. The Balaban J connectivity index is 3.99. The second kappa shape index (κ2) is 5.55. The summed E-state index contributed by atoms with van der Waals surface area (Å²) in [5, 5.41) is 12.4. The number of aliphatic hydroxyl groups is 1. The van der Waals surface area contributed by atoms with Crippen molar-refractivity contribution in [1.29, 1.82) is 0 Å². The molecule has 0 rings (SSSR count). The van der Waals surface area contributed by atoms with Crippen LogP contribution in [0.3, 0.4) is 0 Å². The van der Waals surface area contributed by atoms with Crippen LogP contribution < -0.4 is 5.32 Å². The fraction of sp³-hybridized carbons (Fsp3) is 1.00. The fourth-order valence-corrected chi connectivity index (χ4v) is 1.22. The summed E-state index contributed by atoms with van der Waals surface area (Å²) in [6, 6.07) is 0. The summed E-state index contributed by atoms with van der Waals surface area (Å²) in [5.74, 6) is 0.566. The van der Waals surface area contributed by atoms with Crippen molar-refractivity contribution in [3.63, 3.8) is 0 Å². The van der Waals surface area contributed by atoms with E-state index in [-0.39, 0.29) is 12.1 Å². The first-order valence-corrected chi connectivity index (χ1v) is 4.92. The largest absolute Gasteiger partial charge is 0.396 e. The van der Waals surface area contributed by atoms with Gasteiger partial charge in [-0.1, -0.05) is 20.8 Å². The van der Waals surface area contributed by atoms with E-state index in [0.717, 1.165) is 19.4 Å². The summed E-state index contributed by atoms with van der Waals surface area (Å²) in [6.07, 6.45) is 1.98. The summed E-state index contributed by atoms with van der Waals surface area (Å²) in [5.41, 5.74) is 0.102. The standard InChI is InChI=1S/C10H23NO/c1-5-7-11-10(4,6-8-12)9(2)3/h9,11-12H,5-8H2,1-4H3. The number of hydrogen-bond acceptors (Lipinski definition) is 2. The molecular weight excluding hydrogens is 150 g/mol. The van der Waals surface area contributed by atoms with E-state index in [1.807, 2.05) is 0 Å². The van der Waals surface area contributed by atoms with Gasteiger partial charge in [-0.2, -0.15) is 0 Å². The molecule has 1 unspecified atom stereocenters. The Bertz CT molecular complexity index is 114. The van der Waals surface area contributed by atoms with Gasteiger partial charge in [0, 0.05) is 12.1 Å². The SMILES string of the molecule is CCCNC(C)(CCO)C(C)C. The molecule has 0 bridgehead atoms. The molecule has 74 valence electrons.